The highest BCUT2D eigenvalue weighted by Gasteiger charge is 2.26. The number of nitrogens with one attached hydrogen (secondary N) is 1. The Hall–Kier alpha value is -2.37. The van der Waals surface area contributed by atoms with Crippen LogP contribution in [0.2, 0.25) is 5.15 Å². The molecule has 0 aliphatic carbocycles. The van der Waals surface area contributed by atoms with Gasteiger partial charge in [0.2, 0.25) is 0 Å². The van der Waals surface area contributed by atoms with E-state index in [2.05, 4.69) is 21.3 Å². The average Bonchev–Trinajstić information content (AvgIpc) is 3.36. The summed E-state index contributed by atoms with van der Waals surface area (Å²) < 4.78 is 5.62. The van der Waals surface area contributed by atoms with Gasteiger partial charge in [-0.25, -0.2) is 4.98 Å². The number of halogens is 1. The van der Waals surface area contributed by atoms with E-state index in [9.17, 15) is 4.79 Å². The van der Waals surface area contributed by atoms with Crippen molar-refractivity contribution in [2.45, 2.75) is 32.7 Å². The number of benzene rings is 1. The highest BCUT2D eigenvalue weighted by molar-refractivity contribution is 6.33. The number of hydrogen-bond donors (Lipinski definition) is 1. The van der Waals surface area contributed by atoms with E-state index in [1.165, 1.54) is 12.8 Å². The Kier molecular flexibility index (Phi) is 5.38. The van der Waals surface area contributed by atoms with Crippen LogP contribution in [-0.4, -0.2) is 35.4 Å². The fraction of sp³-hybridized carbons (Fsp3) is 0.364. The fourth-order valence-electron chi connectivity index (χ4n) is 4.02. The first kappa shape index (κ1) is 19.0. The minimum Gasteiger partial charge on any atom is -0.468 e. The number of aryl methyl sites for hydroxylation is 2. The van der Waals surface area contributed by atoms with E-state index in [1.807, 2.05) is 38.1 Å². The number of nitrogens with zero attached hydrogens (tertiary/aromatic N) is 2. The molecule has 1 saturated heterocycles. The molecule has 0 spiro atoms. The maximum absolute atomic E-state index is 12.9. The van der Waals surface area contributed by atoms with Crippen molar-refractivity contribution in [2.24, 2.45) is 0 Å². The summed E-state index contributed by atoms with van der Waals surface area (Å²) in [4.78, 5) is 19.7. The number of hydrogen-bond acceptors (Lipinski definition) is 4. The number of pyridine rings is 1. The molecule has 0 radical (unpaired) electrons. The van der Waals surface area contributed by atoms with Gasteiger partial charge in [0.15, 0.2) is 0 Å². The van der Waals surface area contributed by atoms with Crippen LogP contribution in [0.5, 0.6) is 0 Å². The second kappa shape index (κ2) is 7.94. The lowest BCUT2D eigenvalue weighted by Crippen LogP contribution is -2.36. The van der Waals surface area contributed by atoms with Crippen LogP contribution in [0.15, 0.2) is 41.0 Å². The Morgan fingerprint density at radius 3 is 2.79 bits per heavy atom. The Balaban J connectivity index is 1.56. The lowest BCUT2D eigenvalue weighted by molar-refractivity contribution is 0.0933. The zero-order chi connectivity index (χ0) is 19.7. The maximum Gasteiger partial charge on any atom is 0.254 e. The standard InChI is InChI=1S/C22H24ClN3O2/c1-14-10-15(2)20-16(11-14)12-17(21(23)25-20)22(27)24-13-18(19-6-5-9-28-19)26-7-3-4-8-26/h5-6,9-12,18H,3-4,7-8,13H2,1-2H3,(H,24,27). The third kappa shape index (κ3) is 3.77. The van der Waals surface area contributed by atoms with Crippen molar-refractivity contribution in [1.82, 2.24) is 15.2 Å². The van der Waals surface area contributed by atoms with Crippen LogP contribution in [0.1, 0.15) is 46.1 Å². The molecule has 3 heterocycles. The van der Waals surface area contributed by atoms with Gasteiger partial charge in [0, 0.05) is 11.9 Å². The number of rotatable bonds is 5. The van der Waals surface area contributed by atoms with Gasteiger partial charge in [0.25, 0.3) is 5.91 Å². The molecule has 1 aromatic carbocycles. The number of fused-ring (bicyclic) bond motifs is 1. The van der Waals surface area contributed by atoms with Gasteiger partial charge in [-0.3, -0.25) is 9.69 Å². The average molecular weight is 398 g/mol. The molecule has 0 saturated carbocycles. The van der Waals surface area contributed by atoms with Crippen molar-refractivity contribution < 1.29 is 9.21 Å². The van der Waals surface area contributed by atoms with E-state index < -0.39 is 0 Å². The molecule has 1 N–H and O–H groups in total. The summed E-state index contributed by atoms with van der Waals surface area (Å²) in [7, 11) is 0. The van der Waals surface area contributed by atoms with E-state index in [1.54, 1.807) is 6.26 Å². The van der Waals surface area contributed by atoms with Crippen LogP contribution in [0.3, 0.4) is 0 Å². The molecular formula is C22H24ClN3O2. The summed E-state index contributed by atoms with van der Waals surface area (Å²) in [5.74, 6) is 0.658. The van der Waals surface area contributed by atoms with Crippen molar-refractivity contribution >= 4 is 28.4 Å². The molecule has 2 aromatic heterocycles. The summed E-state index contributed by atoms with van der Waals surface area (Å²) in [6.07, 6.45) is 4.02. The number of amides is 1. The van der Waals surface area contributed by atoms with Crippen molar-refractivity contribution in [1.29, 1.82) is 0 Å². The van der Waals surface area contributed by atoms with Crippen LogP contribution in [-0.2, 0) is 0 Å². The van der Waals surface area contributed by atoms with Gasteiger partial charge in [-0.15, -0.1) is 0 Å². The quantitative estimate of drug-likeness (QED) is 0.636. The smallest absolute Gasteiger partial charge is 0.254 e. The molecule has 5 nitrogen and oxygen atoms in total. The van der Waals surface area contributed by atoms with Gasteiger partial charge in [0.1, 0.15) is 10.9 Å². The van der Waals surface area contributed by atoms with Gasteiger partial charge in [-0.05, 0) is 69.6 Å². The normalized spacial score (nSPS) is 15.8. The van der Waals surface area contributed by atoms with Crippen LogP contribution >= 0.6 is 11.6 Å². The Labute approximate surface area is 169 Å². The van der Waals surface area contributed by atoms with Crippen LogP contribution in [0, 0.1) is 13.8 Å². The number of carbonyl (C=O) groups is 1. The molecule has 1 atom stereocenters. The number of carbonyl (C=O) groups excluding carboxylic acids is 1. The van der Waals surface area contributed by atoms with E-state index in [0.717, 1.165) is 40.9 Å². The molecule has 146 valence electrons. The van der Waals surface area contributed by atoms with Crippen LogP contribution in [0.25, 0.3) is 10.9 Å². The van der Waals surface area contributed by atoms with E-state index in [-0.39, 0.29) is 17.1 Å². The molecule has 4 rings (SSSR count). The first-order valence-corrected chi connectivity index (χ1v) is 10.0. The largest absolute Gasteiger partial charge is 0.468 e. The van der Waals surface area contributed by atoms with Crippen LogP contribution in [0.4, 0.5) is 0 Å². The van der Waals surface area contributed by atoms with Gasteiger partial charge in [-0.2, -0.15) is 0 Å². The monoisotopic (exact) mass is 397 g/mol. The molecule has 28 heavy (non-hydrogen) atoms. The number of likely N-dealkylation sites (tertiary alicyclic amines) is 1. The molecule has 6 heteroatoms. The lowest BCUT2D eigenvalue weighted by atomic mass is 10.1. The van der Waals surface area contributed by atoms with E-state index in [0.29, 0.717) is 12.1 Å². The highest BCUT2D eigenvalue weighted by Crippen LogP contribution is 2.27. The topological polar surface area (TPSA) is 58.4 Å². The maximum atomic E-state index is 12.9. The Morgan fingerprint density at radius 2 is 2.07 bits per heavy atom. The third-order valence-corrected chi connectivity index (χ3v) is 5.65. The van der Waals surface area contributed by atoms with Crippen molar-refractivity contribution in [2.75, 3.05) is 19.6 Å². The summed E-state index contributed by atoms with van der Waals surface area (Å²) in [5.41, 5.74) is 3.42. The first-order chi connectivity index (χ1) is 13.5. The molecule has 1 aliphatic rings. The van der Waals surface area contributed by atoms with E-state index >= 15 is 0 Å². The van der Waals surface area contributed by atoms with Gasteiger partial charge >= 0.3 is 0 Å². The SMILES string of the molecule is Cc1cc(C)c2nc(Cl)c(C(=O)NCC(c3ccco3)N3CCCC3)cc2c1. The molecular weight excluding hydrogens is 374 g/mol. The number of furan rings is 1. The molecule has 0 bridgehead atoms. The lowest BCUT2D eigenvalue weighted by Gasteiger charge is -2.26. The van der Waals surface area contributed by atoms with Gasteiger partial charge < -0.3 is 9.73 Å². The molecule has 1 aliphatic heterocycles. The van der Waals surface area contributed by atoms with Crippen molar-refractivity contribution in [3.63, 3.8) is 0 Å². The second-order valence-corrected chi connectivity index (χ2v) is 7.82. The second-order valence-electron chi connectivity index (χ2n) is 7.46. The summed E-state index contributed by atoms with van der Waals surface area (Å²) >= 11 is 6.35. The number of aromatic nitrogens is 1. The van der Waals surface area contributed by atoms with Crippen molar-refractivity contribution in [3.05, 3.63) is 64.2 Å². The minimum atomic E-state index is -0.214. The summed E-state index contributed by atoms with van der Waals surface area (Å²) in [5, 5.41) is 4.19. The van der Waals surface area contributed by atoms with Gasteiger partial charge in [-0.1, -0.05) is 23.2 Å². The third-order valence-electron chi connectivity index (χ3n) is 5.36. The predicted molar refractivity (Wildman–Crippen MR) is 111 cm³/mol. The first-order valence-electron chi connectivity index (χ1n) is 9.66. The fourth-order valence-corrected chi connectivity index (χ4v) is 4.24. The Bertz CT molecular complexity index is 995. The van der Waals surface area contributed by atoms with Gasteiger partial charge in [0.05, 0.1) is 23.4 Å². The predicted octanol–water partition coefficient (Wildman–Crippen LogP) is 4.66. The molecule has 3 aromatic rings. The van der Waals surface area contributed by atoms with E-state index in [4.69, 9.17) is 16.0 Å². The molecule has 1 unspecified atom stereocenters. The zero-order valence-corrected chi connectivity index (χ0v) is 16.9. The van der Waals surface area contributed by atoms with Crippen molar-refractivity contribution in [3.8, 4) is 0 Å². The molecule has 1 amide bonds. The summed E-state index contributed by atoms with van der Waals surface area (Å²) in [6.45, 7) is 6.52. The Morgan fingerprint density at radius 1 is 1.29 bits per heavy atom. The zero-order valence-electron chi connectivity index (χ0n) is 16.2. The molecule has 1 fully saturated rings. The van der Waals surface area contributed by atoms with Crippen LogP contribution < -0.4 is 5.32 Å². The highest BCUT2D eigenvalue weighted by atomic mass is 35.5. The summed E-state index contributed by atoms with van der Waals surface area (Å²) in [6, 6.07) is 9.80. The minimum absolute atomic E-state index is 0.0260.